The summed E-state index contributed by atoms with van der Waals surface area (Å²) in [5.74, 6) is 0.539. The Kier molecular flexibility index (Phi) is 3.19. The third-order valence-corrected chi connectivity index (χ3v) is 3.89. The molecule has 0 bridgehead atoms. The molecule has 0 amide bonds. The molecule has 2 aromatic rings. The van der Waals surface area contributed by atoms with Crippen LogP contribution in [0.5, 0.6) is 5.75 Å². The molecule has 2 aromatic carbocycles. The molecule has 0 saturated heterocycles. The second-order valence-corrected chi connectivity index (χ2v) is 5.25. The van der Waals surface area contributed by atoms with E-state index in [2.05, 4.69) is 0 Å². The topological polar surface area (TPSA) is 9.23 Å². The molecule has 1 nitrogen and oxygen atoms in total. The summed E-state index contributed by atoms with van der Waals surface area (Å²) >= 11 is 0. The third-order valence-electron chi connectivity index (χ3n) is 3.89. The summed E-state index contributed by atoms with van der Waals surface area (Å²) in [4.78, 5) is 0. The zero-order valence-electron chi connectivity index (χ0n) is 11.7. The van der Waals surface area contributed by atoms with Crippen LogP contribution in [0.1, 0.15) is 22.3 Å². The summed E-state index contributed by atoms with van der Waals surface area (Å²) in [7, 11) is 0. The Morgan fingerprint density at radius 3 is 2.52 bits per heavy atom. The van der Waals surface area contributed by atoms with Gasteiger partial charge in [-0.25, -0.2) is 0 Å². The van der Waals surface area contributed by atoms with Gasteiger partial charge in [-0.1, -0.05) is 18.2 Å². The van der Waals surface area contributed by atoms with Crippen molar-refractivity contribution >= 4 is 0 Å². The van der Waals surface area contributed by atoms with Crippen molar-refractivity contribution < 1.29 is 17.9 Å². The van der Waals surface area contributed by atoms with E-state index in [4.69, 9.17) is 4.74 Å². The summed E-state index contributed by atoms with van der Waals surface area (Å²) in [6.07, 6.45) is -3.96. The monoisotopic (exact) mass is 291 g/mol. The molecule has 0 spiro atoms. The average molecular weight is 291 g/mol. The summed E-state index contributed by atoms with van der Waals surface area (Å²) in [6, 6.07) is 7.98. The summed E-state index contributed by atoms with van der Waals surface area (Å²) in [5.41, 5.74) is 3.26. The number of rotatable bonds is 1. The van der Waals surface area contributed by atoms with Gasteiger partial charge in [0.25, 0.3) is 0 Å². The van der Waals surface area contributed by atoms with Gasteiger partial charge in [0.05, 0.1) is 5.56 Å². The van der Waals surface area contributed by atoms with Crippen LogP contribution in [0.15, 0.2) is 30.3 Å². The average Bonchev–Trinajstić information content (AvgIpc) is 2.88. The smallest absolute Gasteiger partial charge is 0.416 e. The molecule has 0 N–H and O–H groups in total. The Labute approximate surface area is 121 Å². The minimum absolute atomic E-state index is 0.400. The molecule has 1 radical (unpaired) electrons. The molecule has 1 aliphatic rings. The fourth-order valence-corrected chi connectivity index (χ4v) is 2.60. The zero-order chi connectivity index (χ0) is 15.2. The van der Waals surface area contributed by atoms with E-state index in [1.807, 2.05) is 32.0 Å². The largest absolute Gasteiger partial charge is 0.485 e. The van der Waals surface area contributed by atoms with Crippen LogP contribution in [0, 0.1) is 20.5 Å². The van der Waals surface area contributed by atoms with Crippen molar-refractivity contribution in [2.75, 3.05) is 0 Å². The molecule has 0 saturated carbocycles. The lowest BCUT2D eigenvalue weighted by atomic mass is 9.93. The normalized spacial score (nSPS) is 14.0. The molecule has 1 aliphatic heterocycles. The number of halogens is 3. The van der Waals surface area contributed by atoms with Crippen LogP contribution in [0.2, 0.25) is 0 Å². The third kappa shape index (κ3) is 2.39. The van der Waals surface area contributed by atoms with E-state index >= 15 is 0 Å². The highest BCUT2D eigenvalue weighted by Crippen LogP contribution is 2.43. The first kappa shape index (κ1) is 14.0. The molecule has 0 atom stereocenters. The molecule has 21 heavy (non-hydrogen) atoms. The molecule has 0 unspecified atom stereocenters. The maximum atomic E-state index is 13.1. The molecule has 0 aliphatic carbocycles. The number of benzene rings is 2. The van der Waals surface area contributed by atoms with E-state index in [-0.39, 0.29) is 0 Å². The standard InChI is InChI=1S/C17H14F3O/c1-10-4-3-5-14(11(10)2)15-9-13(17(18,19)20)8-12-6-7-21-16(12)15/h3-5,7-9H,6H2,1-2H3. The van der Waals surface area contributed by atoms with Crippen molar-refractivity contribution in [3.05, 3.63) is 59.2 Å². The van der Waals surface area contributed by atoms with Gasteiger partial charge in [0, 0.05) is 12.0 Å². The molecule has 0 fully saturated rings. The zero-order valence-corrected chi connectivity index (χ0v) is 11.7. The Morgan fingerprint density at radius 1 is 1.05 bits per heavy atom. The number of hydrogen-bond acceptors (Lipinski definition) is 1. The molecular weight excluding hydrogens is 277 g/mol. The Balaban J connectivity index is 2.27. The summed E-state index contributed by atoms with van der Waals surface area (Å²) < 4.78 is 44.7. The maximum Gasteiger partial charge on any atom is 0.416 e. The van der Waals surface area contributed by atoms with Gasteiger partial charge in [0.1, 0.15) is 12.4 Å². The summed E-state index contributed by atoms with van der Waals surface area (Å²) in [5, 5.41) is 0. The Morgan fingerprint density at radius 2 is 1.81 bits per heavy atom. The van der Waals surface area contributed by atoms with E-state index in [9.17, 15) is 13.2 Å². The fraction of sp³-hybridized carbons (Fsp3) is 0.235. The highest BCUT2D eigenvalue weighted by molar-refractivity contribution is 5.77. The van der Waals surface area contributed by atoms with Crippen molar-refractivity contribution in [1.82, 2.24) is 0 Å². The fourth-order valence-electron chi connectivity index (χ4n) is 2.60. The SMILES string of the molecule is Cc1cccc(-c2cc(C(F)(F)F)cc3c2O[CH]C3)c1C. The number of aryl methyl sites for hydroxylation is 1. The van der Waals surface area contributed by atoms with E-state index in [1.54, 1.807) is 6.61 Å². The predicted octanol–water partition coefficient (Wildman–Crippen LogP) is 5.09. The lowest BCUT2D eigenvalue weighted by Gasteiger charge is -2.15. The first-order valence-electron chi connectivity index (χ1n) is 6.67. The van der Waals surface area contributed by atoms with Gasteiger partial charge in [-0.3, -0.25) is 0 Å². The predicted molar refractivity (Wildman–Crippen MR) is 75.0 cm³/mol. The Hall–Kier alpha value is -1.97. The van der Waals surface area contributed by atoms with E-state index in [0.717, 1.165) is 16.7 Å². The first-order valence-corrected chi connectivity index (χ1v) is 6.67. The minimum atomic E-state index is -4.36. The number of fused-ring (bicyclic) bond motifs is 1. The summed E-state index contributed by atoms with van der Waals surface area (Å²) in [6.45, 7) is 5.40. The van der Waals surface area contributed by atoms with Crippen LogP contribution >= 0.6 is 0 Å². The van der Waals surface area contributed by atoms with Crippen molar-refractivity contribution in [3.63, 3.8) is 0 Å². The van der Waals surface area contributed by atoms with E-state index in [0.29, 0.717) is 23.3 Å². The van der Waals surface area contributed by atoms with Crippen molar-refractivity contribution in [2.24, 2.45) is 0 Å². The number of hydrogen-bond donors (Lipinski definition) is 0. The first-order chi connectivity index (χ1) is 9.88. The van der Waals surface area contributed by atoms with Gasteiger partial charge in [0.15, 0.2) is 0 Å². The quantitative estimate of drug-likeness (QED) is 0.711. The van der Waals surface area contributed by atoms with Crippen LogP contribution in [0.3, 0.4) is 0 Å². The van der Waals surface area contributed by atoms with Gasteiger partial charge in [-0.15, -0.1) is 0 Å². The molecule has 4 heteroatoms. The minimum Gasteiger partial charge on any atom is -0.485 e. The van der Waals surface area contributed by atoms with Gasteiger partial charge < -0.3 is 4.74 Å². The van der Waals surface area contributed by atoms with Gasteiger partial charge in [-0.05, 0) is 48.2 Å². The van der Waals surface area contributed by atoms with Crippen molar-refractivity contribution in [3.8, 4) is 16.9 Å². The Bertz CT molecular complexity index is 702. The van der Waals surface area contributed by atoms with Gasteiger partial charge in [-0.2, -0.15) is 13.2 Å². The van der Waals surface area contributed by atoms with Gasteiger partial charge >= 0.3 is 6.18 Å². The van der Waals surface area contributed by atoms with Crippen LogP contribution in [0.25, 0.3) is 11.1 Å². The van der Waals surface area contributed by atoms with Crippen LogP contribution in [0.4, 0.5) is 13.2 Å². The van der Waals surface area contributed by atoms with E-state index in [1.165, 1.54) is 12.1 Å². The van der Waals surface area contributed by atoms with Crippen LogP contribution in [-0.2, 0) is 12.6 Å². The molecule has 0 aromatic heterocycles. The molecular formula is C17H14F3O. The second kappa shape index (κ2) is 4.79. The van der Waals surface area contributed by atoms with E-state index < -0.39 is 11.7 Å². The number of alkyl halides is 3. The highest BCUT2D eigenvalue weighted by Gasteiger charge is 2.33. The lowest BCUT2D eigenvalue weighted by Crippen LogP contribution is -2.06. The second-order valence-electron chi connectivity index (χ2n) is 5.25. The molecule has 1 heterocycles. The molecule has 109 valence electrons. The van der Waals surface area contributed by atoms with Crippen LogP contribution < -0.4 is 4.74 Å². The van der Waals surface area contributed by atoms with Crippen molar-refractivity contribution in [1.29, 1.82) is 0 Å². The van der Waals surface area contributed by atoms with Crippen LogP contribution in [-0.4, -0.2) is 0 Å². The molecule has 3 rings (SSSR count). The maximum absolute atomic E-state index is 13.1. The van der Waals surface area contributed by atoms with Crippen molar-refractivity contribution in [2.45, 2.75) is 26.4 Å². The van der Waals surface area contributed by atoms with Gasteiger partial charge in [0.2, 0.25) is 0 Å². The highest BCUT2D eigenvalue weighted by atomic mass is 19.4. The lowest BCUT2D eigenvalue weighted by molar-refractivity contribution is -0.137. The number of ether oxygens (including phenoxy) is 1.